The van der Waals surface area contributed by atoms with Gasteiger partial charge in [-0.2, -0.15) is 0 Å². The van der Waals surface area contributed by atoms with Gasteiger partial charge in [0.2, 0.25) is 0 Å². The summed E-state index contributed by atoms with van der Waals surface area (Å²) in [6, 6.07) is 11.3. The van der Waals surface area contributed by atoms with Crippen molar-refractivity contribution in [3.63, 3.8) is 0 Å². The van der Waals surface area contributed by atoms with Crippen LogP contribution in [0.15, 0.2) is 42.5 Å². The van der Waals surface area contributed by atoms with E-state index in [2.05, 4.69) is 10.3 Å². The first-order valence-corrected chi connectivity index (χ1v) is 8.86. The lowest BCUT2D eigenvalue weighted by atomic mass is 10.2. The number of ether oxygens (including phenoxy) is 2. The van der Waals surface area contributed by atoms with Crippen LogP contribution in [0.4, 0.5) is 10.1 Å². The van der Waals surface area contributed by atoms with Gasteiger partial charge in [-0.15, -0.1) is 11.3 Å². The van der Waals surface area contributed by atoms with Crippen molar-refractivity contribution in [3.05, 3.63) is 58.9 Å². The molecule has 0 saturated heterocycles. The molecule has 0 bridgehead atoms. The molecular formula is C19H15FN2O3S. The monoisotopic (exact) mass is 370 g/mol. The molecule has 0 fully saturated rings. The summed E-state index contributed by atoms with van der Waals surface area (Å²) in [5.74, 6) is 0.729. The van der Waals surface area contributed by atoms with Crippen LogP contribution in [0, 0.1) is 12.7 Å². The first-order chi connectivity index (χ1) is 12.6. The topological polar surface area (TPSA) is 60.5 Å². The summed E-state index contributed by atoms with van der Waals surface area (Å²) < 4.78 is 24.1. The highest BCUT2D eigenvalue weighted by Gasteiger charge is 2.18. The standard InChI is InChI=1S/C19H15FN2O3S/c1-11-17(26-19(21-11)12-2-4-13(20)5-3-12)18(23)22-14-6-7-15-16(10-14)25-9-8-24-15/h2-7,10H,8-9H2,1H3,(H,22,23). The highest BCUT2D eigenvalue weighted by atomic mass is 32.1. The molecule has 2 aromatic carbocycles. The Hall–Kier alpha value is -2.93. The van der Waals surface area contributed by atoms with E-state index in [1.807, 2.05) is 0 Å². The SMILES string of the molecule is Cc1nc(-c2ccc(F)cc2)sc1C(=O)Nc1ccc2c(c1)OCCO2. The third kappa shape index (κ3) is 3.25. The number of aryl methyl sites for hydroxylation is 1. The summed E-state index contributed by atoms with van der Waals surface area (Å²) >= 11 is 1.27. The third-order valence-corrected chi connectivity index (χ3v) is 5.10. The van der Waals surface area contributed by atoms with Crippen LogP contribution in [-0.4, -0.2) is 24.1 Å². The highest BCUT2D eigenvalue weighted by molar-refractivity contribution is 7.17. The molecule has 4 rings (SSSR count). The Kier molecular flexibility index (Phi) is 4.30. The van der Waals surface area contributed by atoms with Gasteiger partial charge in [-0.05, 0) is 43.3 Å². The van der Waals surface area contributed by atoms with Gasteiger partial charge in [0.15, 0.2) is 11.5 Å². The Morgan fingerprint density at radius 3 is 2.62 bits per heavy atom. The number of nitrogens with one attached hydrogen (secondary N) is 1. The van der Waals surface area contributed by atoms with Crippen LogP contribution in [0.25, 0.3) is 10.6 Å². The van der Waals surface area contributed by atoms with Gasteiger partial charge in [0.25, 0.3) is 5.91 Å². The second kappa shape index (κ2) is 6.76. The van der Waals surface area contributed by atoms with E-state index in [1.165, 1.54) is 23.5 Å². The second-order valence-electron chi connectivity index (χ2n) is 5.75. The summed E-state index contributed by atoms with van der Waals surface area (Å²) in [4.78, 5) is 17.6. The average molecular weight is 370 g/mol. The maximum absolute atomic E-state index is 13.1. The lowest BCUT2D eigenvalue weighted by molar-refractivity contribution is 0.102. The fourth-order valence-corrected chi connectivity index (χ4v) is 3.60. The molecule has 132 valence electrons. The zero-order valence-electron chi connectivity index (χ0n) is 13.9. The van der Waals surface area contributed by atoms with Crippen molar-refractivity contribution in [1.82, 2.24) is 4.98 Å². The molecule has 1 amide bonds. The van der Waals surface area contributed by atoms with Crippen molar-refractivity contribution in [2.75, 3.05) is 18.5 Å². The number of carbonyl (C=O) groups excluding carboxylic acids is 1. The fourth-order valence-electron chi connectivity index (χ4n) is 2.63. The molecule has 0 aliphatic carbocycles. The second-order valence-corrected chi connectivity index (χ2v) is 6.75. The van der Waals surface area contributed by atoms with Gasteiger partial charge in [0.05, 0.1) is 5.69 Å². The van der Waals surface area contributed by atoms with Crippen molar-refractivity contribution in [2.24, 2.45) is 0 Å². The van der Waals surface area contributed by atoms with Gasteiger partial charge >= 0.3 is 0 Å². The summed E-state index contributed by atoms with van der Waals surface area (Å²) in [5, 5.41) is 3.53. The van der Waals surface area contributed by atoms with E-state index in [1.54, 1.807) is 37.3 Å². The van der Waals surface area contributed by atoms with Crippen molar-refractivity contribution < 1.29 is 18.7 Å². The number of anilines is 1. The molecule has 1 aromatic heterocycles. The number of amides is 1. The molecule has 3 aromatic rings. The molecule has 5 nitrogen and oxygen atoms in total. The van der Waals surface area contributed by atoms with E-state index < -0.39 is 0 Å². The number of carbonyl (C=O) groups is 1. The quantitative estimate of drug-likeness (QED) is 0.748. The van der Waals surface area contributed by atoms with Crippen LogP contribution in [0.1, 0.15) is 15.4 Å². The summed E-state index contributed by atoms with van der Waals surface area (Å²) in [5.41, 5.74) is 2.03. The predicted octanol–water partition coefficient (Wildman–Crippen LogP) is 4.28. The van der Waals surface area contributed by atoms with Gasteiger partial charge in [0.1, 0.15) is 28.9 Å². The number of halogens is 1. The van der Waals surface area contributed by atoms with Crippen LogP contribution >= 0.6 is 11.3 Å². The average Bonchev–Trinajstić information content (AvgIpc) is 3.04. The van der Waals surface area contributed by atoms with E-state index in [0.29, 0.717) is 46.0 Å². The molecule has 7 heteroatoms. The molecule has 0 atom stereocenters. The number of rotatable bonds is 3. The Morgan fingerprint density at radius 1 is 1.12 bits per heavy atom. The largest absolute Gasteiger partial charge is 0.486 e. The van der Waals surface area contributed by atoms with Gasteiger partial charge in [0, 0.05) is 17.3 Å². The number of nitrogens with zero attached hydrogens (tertiary/aromatic N) is 1. The van der Waals surface area contributed by atoms with Crippen LogP contribution in [0.2, 0.25) is 0 Å². The zero-order chi connectivity index (χ0) is 18.1. The summed E-state index contributed by atoms with van der Waals surface area (Å²) in [7, 11) is 0. The predicted molar refractivity (Wildman–Crippen MR) is 97.6 cm³/mol. The Bertz CT molecular complexity index is 969. The smallest absolute Gasteiger partial charge is 0.267 e. The first-order valence-electron chi connectivity index (χ1n) is 8.04. The lowest BCUT2D eigenvalue weighted by Crippen LogP contribution is -2.16. The van der Waals surface area contributed by atoms with E-state index in [9.17, 15) is 9.18 Å². The molecule has 0 unspecified atom stereocenters. The molecule has 2 heterocycles. The van der Waals surface area contributed by atoms with Crippen LogP contribution in [-0.2, 0) is 0 Å². The number of fused-ring (bicyclic) bond motifs is 1. The number of hydrogen-bond acceptors (Lipinski definition) is 5. The number of thiazole rings is 1. The molecule has 1 aliphatic rings. The molecule has 26 heavy (non-hydrogen) atoms. The number of benzene rings is 2. The van der Waals surface area contributed by atoms with Crippen LogP contribution in [0.5, 0.6) is 11.5 Å². The Morgan fingerprint density at radius 2 is 1.85 bits per heavy atom. The molecular weight excluding hydrogens is 355 g/mol. The normalized spacial score (nSPS) is 12.7. The van der Waals surface area contributed by atoms with Crippen molar-refractivity contribution in [3.8, 4) is 22.1 Å². The van der Waals surface area contributed by atoms with Crippen molar-refractivity contribution in [1.29, 1.82) is 0 Å². The fraction of sp³-hybridized carbons (Fsp3) is 0.158. The molecule has 0 radical (unpaired) electrons. The number of hydrogen-bond donors (Lipinski definition) is 1. The minimum absolute atomic E-state index is 0.245. The molecule has 0 spiro atoms. The minimum atomic E-state index is -0.307. The van der Waals surface area contributed by atoms with Crippen molar-refractivity contribution >= 4 is 22.9 Å². The van der Waals surface area contributed by atoms with Gasteiger partial charge in [-0.25, -0.2) is 9.37 Å². The molecule has 1 N–H and O–H groups in total. The van der Waals surface area contributed by atoms with Gasteiger partial charge < -0.3 is 14.8 Å². The maximum Gasteiger partial charge on any atom is 0.267 e. The minimum Gasteiger partial charge on any atom is -0.486 e. The molecule has 1 aliphatic heterocycles. The van der Waals surface area contributed by atoms with E-state index >= 15 is 0 Å². The first kappa shape index (κ1) is 16.5. The summed E-state index contributed by atoms with van der Waals surface area (Å²) in [6.45, 7) is 2.78. The Labute approximate surface area is 153 Å². The maximum atomic E-state index is 13.1. The highest BCUT2D eigenvalue weighted by Crippen LogP contribution is 2.33. The van der Waals surface area contributed by atoms with Gasteiger partial charge in [-0.1, -0.05) is 0 Å². The van der Waals surface area contributed by atoms with Crippen LogP contribution < -0.4 is 14.8 Å². The van der Waals surface area contributed by atoms with Crippen molar-refractivity contribution in [2.45, 2.75) is 6.92 Å². The zero-order valence-corrected chi connectivity index (χ0v) is 14.7. The van der Waals surface area contributed by atoms with E-state index in [4.69, 9.17) is 9.47 Å². The number of aromatic nitrogens is 1. The van der Waals surface area contributed by atoms with Gasteiger partial charge in [-0.3, -0.25) is 4.79 Å². The Balaban J connectivity index is 1.56. The third-order valence-electron chi connectivity index (χ3n) is 3.89. The molecule has 0 saturated carbocycles. The van der Waals surface area contributed by atoms with Crippen LogP contribution in [0.3, 0.4) is 0 Å². The lowest BCUT2D eigenvalue weighted by Gasteiger charge is -2.18. The van der Waals surface area contributed by atoms with E-state index in [-0.39, 0.29) is 11.7 Å². The van der Waals surface area contributed by atoms with E-state index in [0.717, 1.165) is 5.56 Å². The summed E-state index contributed by atoms with van der Waals surface area (Å²) in [6.07, 6.45) is 0.